The number of rotatable bonds is 0. The fraction of sp³-hybridized carbons (Fsp3) is 0.950. The van der Waals surface area contributed by atoms with Crippen molar-refractivity contribution in [2.24, 2.45) is 69.0 Å². The van der Waals surface area contributed by atoms with Gasteiger partial charge in [0.15, 0.2) is 0 Å². The first kappa shape index (κ1) is 30.7. The minimum atomic E-state index is -0.977. The highest BCUT2D eigenvalue weighted by molar-refractivity contribution is 5.26. The Morgan fingerprint density at radius 3 is 1.23 bits per heavy atom. The van der Waals surface area contributed by atoms with Crippen LogP contribution in [-0.4, -0.2) is 43.8 Å². The van der Waals surface area contributed by atoms with E-state index in [1.165, 1.54) is 51.4 Å². The van der Waals surface area contributed by atoms with Crippen molar-refractivity contribution in [1.29, 1.82) is 0 Å². The van der Waals surface area contributed by atoms with E-state index in [9.17, 15) is 20.4 Å². The zero-order chi connectivity index (χ0) is 30.9. The molecule has 0 aromatic carbocycles. The topological polar surface area (TPSA) is 80.9 Å². The van der Waals surface area contributed by atoms with E-state index in [-0.39, 0.29) is 33.9 Å². The van der Waals surface area contributed by atoms with E-state index in [4.69, 9.17) is 0 Å². The highest BCUT2D eigenvalue weighted by atomic mass is 16.3. The molecule has 16 atom stereocenters. The maximum Gasteiger partial charge on any atom is 0.125 e. The molecule has 44 heavy (non-hydrogen) atoms. The molecule has 4 nitrogen and oxygen atoms in total. The Balaban J connectivity index is 0.951. The molecule has 8 saturated carbocycles. The van der Waals surface area contributed by atoms with Crippen LogP contribution in [0.5, 0.6) is 0 Å². The predicted molar refractivity (Wildman–Crippen MR) is 173 cm³/mol. The summed E-state index contributed by atoms with van der Waals surface area (Å²) in [6, 6.07) is 0. The van der Waals surface area contributed by atoms with Crippen molar-refractivity contribution in [3.8, 4) is 11.8 Å². The normalized spacial score (nSPS) is 61.3. The standard InChI is InChI=1S/C40H62O4/c1-35-17-19-39(43,23-25(35)5-7-27-29-9-11-33(41)37(29,3)15-13-31(27)35)21-22-40(44)20-18-36(2)26(24-40)6-8-28-30-10-12-34(42)38(30,4)16-14-32(28)36/h25-34,41-44H,5-20,23-24H2,1-4H3/t25-,26-,27-,28-,29-,30+,31-,32-,33-,34-,35-,36-,37-,38-,39+,40+/m0/s1. The van der Waals surface area contributed by atoms with Gasteiger partial charge in [-0.2, -0.15) is 0 Å². The first-order chi connectivity index (χ1) is 20.7. The maximum atomic E-state index is 11.9. The third-order valence-electron chi connectivity index (χ3n) is 17.9. The Labute approximate surface area is 267 Å². The number of hydrogen-bond donors (Lipinski definition) is 4. The molecule has 8 aliphatic carbocycles. The zero-order valence-electron chi connectivity index (χ0n) is 28.3. The van der Waals surface area contributed by atoms with E-state index in [2.05, 4.69) is 39.5 Å². The molecule has 8 rings (SSSR count). The smallest absolute Gasteiger partial charge is 0.125 e. The van der Waals surface area contributed by atoms with Crippen LogP contribution in [-0.2, 0) is 0 Å². The quantitative estimate of drug-likeness (QED) is 0.219. The molecule has 4 heteroatoms. The minimum absolute atomic E-state index is 0.118. The highest BCUT2D eigenvalue weighted by Gasteiger charge is 2.63. The first-order valence-corrected chi connectivity index (χ1v) is 19.1. The van der Waals surface area contributed by atoms with Crippen LogP contribution in [0.1, 0.15) is 143 Å². The predicted octanol–water partition coefficient (Wildman–Crippen LogP) is 7.26. The Hall–Kier alpha value is -0.600. The molecule has 8 fully saturated rings. The third kappa shape index (κ3) is 4.23. The van der Waals surface area contributed by atoms with Crippen LogP contribution in [0.3, 0.4) is 0 Å². The molecule has 0 unspecified atom stereocenters. The van der Waals surface area contributed by atoms with E-state index in [0.29, 0.717) is 35.5 Å². The van der Waals surface area contributed by atoms with Crippen molar-refractivity contribution in [1.82, 2.24) is 0 Å². The Bertz CT molecular complexity index is 1130. The lowest BCUT2D eigenvalue weighted by Crippen LogP contribution is -2.56. The number of fused-ring (bicyclic) bond motifs is 10. The van der Waals surface area contributed by atoms with Gasteiger partial charge in [-0.25, -0.2) is 0 Å². The van der Waals surface area contributed by atoms with E-state index >= 15 is 0 Å². The fourth-order valence-electron chi connectivity index (χ4n) is 14.9. The van der Waals surface area contributed by atoms with Gasteiger partial charge in [0, 0.05) is 0 Å². The SMILES string of the molecule is C[C@]12CC[C@H]3[C@@H](CC[C@H]4C[C@](O)(C#C[C@]5(O)CC[C@@]6(C)[C@@H](CC[C@@H]7[C@@H]6CC[C@]6(C)[C@@H](O)CC[C@@H]76)C5)CC[C@@]43C)[C@H]1CC[C@@H]2O. The van der Waals surface area contributed by atoms with Crippen LogP contribution in [0.4, 0.5) is 0 Å². The zero-order valence-corrected chi connectivity index (χ0v) is 28.3. The van der Waals surface area contributed by atoms with Gasteiger partial charge in [-0.05, 0) is 185 Å². The molecule has 0 bridgehead atoms. The molecule has 246 valence electrons. The van der Waals surface area contributed by atoms with Crippen LogP contribution in [0, 0.1) is 80.8 Å². The molecule has 4 N–H and O–H groups in total. The van der Waals surface area contributed by atoms with Crippen molar-refractivity contribution >= 4 is 0 Å². The van der Waals surface area contributed by atoms with Crippen LogP contribution in [0.2, 0.25) is 0 Å². The Morgan fingerprint density at radius 2 is 0.818 bits per heavy atom. The van der Waals surface area contributed by atoms with Gasteiger partial charge in [0.25, 0.3) is 0 Å². The van der Waals surface area contributed by atoms with Crippen molar-refractivity contribution in [3.05, 3.63) is 0 Å². The van der Waals surface area contributed by atoms with Gasteiger partial charge >= 0.3 is 0 Å². The van der Waals surface area contributed by atoms with E-state index in [1.54, 1.807) is 0 Å². The van der Waals surface area contributed by atoms with Crippen molar-refractivity contribution in [2.75, 3.05) is 0 Å². The minimum Gasteiger partial charge on any atom is -0.393 e. The summed E-state index contributed by atoms with van der Waals surface area (Å²) < 4.78 is 0. The van der Waals surface area contributed by atoms with E-state index < -0.39 is 11.2 Å². The number of aliphatic hydroxyl groups is 4. The Kier molecular flexibility index (Phi) is 6.96. The molecular formula is C40H62O4. The average Bonchev–Trinajstić information content (AvgIpc) is 3.47. The van der Waals surface area contributed by atoms with Crippen LogP contribution >= 0.6 is 0 Å². The Morgan fingerprint density at radius 1 is 0.432 bits per heavy atom. The lowest BCUT2D eigenvalue weighted by molar-refractivity contribution is -0.145. The molecule has 0 amide bonds. The summed E-state index contributed by atoms with van der Waals surface area (Å²) in [6.45, 7) is 9.79. The van der Waals surface area contributed by atoms with Crippen LogP contribution < -0.4 is 0 Å². The summed E-state index contributed by atoms with van der Waals surface area (Å²) >= 11 is 0. The van der Waals surface area contributed by atoms with Gasteiger partial charge in [-0.1, -0.05) is 39.5 Å². The molecule has 0 aromatic rings. The van der Waals surface area contributed by atoms with Crippen LogP contribution in [0.25, 0.3) is 0 Å². The maximum absolute atomic E-state index is 11.9. The number of hydrogen-bond acceptors (Lipinski definition) is 4. The molecule has 0 radical (unpaired) electrons. The van der Waals surface area contributed by atoms with Gasteiger partial charge in [0.1, 0.15) is 11.2 Å². The lowest BCUT2D eigenvalue weighted by Gasteiger charge is -2.61. The largest absolute Gasteiger partial charge is 0.393 e. The molecular weight excluding hydrogens is 544 g/mol. The fourth-order valence-corrected chi connectivity index (χ4v) is 14.9. The first-order valence-electron chi connectivity index (χ1n) is 19.1. The van der Waals surface area contributed by atoms with Gasteiger partial charge in [-0.3, -0.25) is 0 Å². The number of aliphatic hydroxyl groups excluding tert-OH is 2. The summed E-state index contributed by atoms with van der Waals surface area (Å²) in [5, 5.41) is 45.5. The average molecular weight is 607 g/mol. The van der Waals surface area contributed by atoms with E-state index in [0.717, 1.165) is 76.0 Å². The van der Waals surface area contributed by atoms with Crippen molar-refractivity contribution in [3.63, 3.8) is 0 Å². The van der Waals surface area contributed by atoms with Gasteiger partial charge in [0.2, 0.25) is 0 Å². The summed E-state index contributed by atoms with van der Waals surface area (Å²) in [7, 11) is 0. The molecule has 0 aliphatic heterocycles. The molecule has 0 spiro atoms. The van der Waals surface area contributed by atoms with Gasteiger partial charge in [-0.15, -0.1) is 0 Å². The van der Waals surface area contributed by atoms with E-state index in [1.807, 2.05) is 0 Å². The highest BCUT2D eigenvalue weighted by Crippen LogP contribution is 2.68. The van der Waals surface area contributed by atoms with Crippen molar-refractivity contribution < 1.29 is 20.4 Å². The third-order valence-corrected chi connectivity index (χ3v) is 17.9. The summed E-state index contributed by atoms with van der Waals surface area (Å²) in [6.07, 6.45) is 18.8. The second-order valence-electron chi connectivity index (χ2n) is 19.3. The summed E-state index contributed by atoms with van der Waals surface area (Å²) in [5.41, 5.74) is -1.19. The molecule has 8 aliphatic rings. The lowest BCUT2D eigenvalue weighted by atomic mass is 9.44. The molecule has 0 heterocycles. The second-order valence-corrected chi connectivity index (χ2v) is 19.3. The summed E-state index contributed by atoms with van der Waals surface area (Å²) in [5.74, 6) is 12.0. The summed E-state index contributed by atoms with van der Waals surface area (Å²) in [4.78, 5) is 0. The second kappa shape index (κ2) is 9.96. The molecule has 0 saturated heterocycles. The van der Waals surface area contributed by atoms with Gasteiger partial charge in [0.05, 0.1) is 12.2 Å². The van der Waals surface area contributed by atoms with Gasteiger partial charge < -0.3 is 20.4 Å². The molecule has 0 aromatic heterocycles. The van der Waals surface area contributed by atoms with Crippen LogP contribution in [0.15, 0.2) is 0 Å². The monoisotopic (exact) mass is 606 g/mol. The van der Waals surface area contributed by atoms with Crippen molar-refractivity contribution in [2.45, 2.75) is 167 Å².